The molecule has 2 aromatic rings. The Hall–Kier alpha value is -3.44. The molecule has 39 heavy (non-hydrogen) atoms. The molecule has 0 saturated heterocycles. The second-order valence-corrected chi connectivity index (χ2v) is 11.7. The quantitative estimate of drug-likeness (QED) is 0.362. The number of benzene rings is 2. The summed E-state index contributed by atoms with van der Waals surface area (Å²) in [4.78, 5) is 42.5. The molecule has 0 aliphatic heterocycles. The van der Waals surface area contributed by atoms with Crippen molar-refractivity contribution in [3.63, 3.8) is 0 Å². The smallest absolute Gasteiger partial charge is 0.408 e. The van der Waals surface area contributed by atoms with Crippen LogP contribution in [0.1, 0.15) is 69.3 Å². The Balaban J connectivity index is 2.61. The minimum Gasteiger partial charge on any atom is -0.444 e. The molecule has 2 N–H and O–H groups in total. The van der Waals surface area contributed by atoms with Crippen molar-refractivity contribution in [1.29, 1.82) is 0 Å². The highest BCUT2D eigenvalue weighted by Crippen LogP contribution is 2.30. The van der Waals surface area contributed by atoms with Crippen LogP contribution in [-0.2, 0) is 14.3 Å². The van der Waals surface area contributed by atoms with E-state index in [1.54, 1.807) is 56.8 Å². The number of anilines is 1. The van der Waals surface area contributed by atoms with Crippen LogP contribution in [0, 0.1) is 26.2 Å². The number of ether oxygens (including phenoxy) is 1. The van der Waals surface area contributed by atoms with Crippen molar-refractivity contribution in [3.8, 4) is 12.3 Å². The molecule has 2 unspecified atom stereocenters. The van der Waals surface area contributed by atoms with E-state index in [-0.39, 0.29) is 0 Å². The molecular formula is C31H41N3O4S. The summed E-state index contributed by atoms with van der Waals surface area (Å²) < 4.78 is 5.44. The molecule has 210 valence electrons. The van der Waals surface area contributed by atoms with Gasteiger partial charge in [-0.3, -0.25) is 9.59 Å². The van der Waals surface area contributed by atoms with E-state index in [4.69, 9.17) is 11.2 Å². The van der Waals surface area contributed by atoms with Gasteiger partial charge in [0, 0.05) is 17.3 Å². The Kier molecular flexibility index (Phi) is 11.5. The van der Waals surface area contributed by atoms with E-state index in [9.17, 15) is 14.4 Å². The molecule has 0 bridgehead atoms. The van der Waals surface area contributed by atoms with Crippen molar-refractivity contribution < 1.29 is 19.1 Å². The predicted molar refractivity (Wildman–Crippen MR) is 160 cm³/mol. The van der Waals surface area contributed by atoms with Crippen LogP contribution in [0.4, 0.5) is 10.5 Å². The number of carbonyl (C=O) groups is 3. The number of aryl methyl sites for hydroxylation is 2. The molecule has 0 aliphatic rings. The zero-order chi connectivity index (χ0) is 29.3. The number of terminal acetylenes is 1. The summed E-state index contributed by atoms with van der Waals surface area (Å²) in [5.41, 5.74) is 2.81. The highest BCUT2D eigenvalue weighted by molar-refractivity contribution is 7.98. The molecule has 3 amide bonds. The molecule has 2 rings (SSSR count). The first kappa shape index (κ1) is 31.8. The van der Waals surface area contributed by atoms with Gasteiger partial charge in [0.2, 0.25) is 5.91 Å². The number of rotatable bonds is 10. The van der Waals surface area contributed by atoms with Gasteiger partial charge in [0.05, 0.1) is 0 Å². The summed E-state index contributed by atoms with van der Waals surface area (Å²) in [6.07, 6.45) is 7.44. The van der Waals surface area contributed by atoms with Crippen LogP contribution in [0.15, 0.2) is 42.5 Å². The summed E-state index contributed by atoms with van der Waals surface area (Å²) in [5.74, 6) is 2.50. The number of thioether (sulfide) groups is 1. The summed E-state index contributed by atoms with van der Waals surface area (Å²) in [7, 11) is 0. The minimum atomic E-state index is -1.04. The first-order valence-electron chi connectivity index (χ1n) is 13.0. The Labute approximate surface area is 237 Å². The van der Waals surface area contributed by atoms with Crippen molar-refractivity contribution in [3.05, 3.63) is 64.7 Å². The number of nitrogens with one attached hydrogen (secondary N) is 2. The maximum absolute atomic E-state index is 14.2. The second-order valence-electron chi connectivity index (χ2n) is 10.7. The van der Waals surface area contributed by atoms with Gasteiger partial charge in [-0.25, -0.2) is 4.79 Å². The fourth-order valence-corrected chi connectivity index (χ4v) is 4.76. The summed E-state index contributed by atoms with van der Waals surface area (Å²) in [5, 5.41) is 5.80. The maximum Gasteiger partial charge on any atom is 0.408 e. The van der Waals surface area contributed by atoms with Crippen molar-refractivity contribution in [2.24, 2.45) is 0 Å². The zero-order valence-electron chi connectivity index (χ0n) is 24.3. The van der Waals surface area contributed by atoms with Crippen molar-refractivity contribution in [2.45, 2.75) is 78.6 Å². The van der Waals surface area contributed by atoms with Gasteiger partial charge in [-0.05, 0) is 89.7 Å². The maximum atomic E-state index is 14.2. The Morgan fingerprint density at radius 1 is 1.05 bits per heavy atom. The lowest BCUT2D eigenvalue weighted by atomic mass is 9.96. The van der Waals surface area contributed by atoms with Crippen LogP contribution >= 0.6 is 11.8 Å². The number of hydrogen-bond acceptors (Lipinski definition) is 5. The first-order valence-corrected chi connectivity index (χ1v) is 14.4. The largest absolute Gasteiger partial charge is 0.444 e. The number of amides is 3. The number of alkyl carbamates (subject to hydrolysis) is 1. The van der Waals surface area contributed by atoms with E-state index in [0.29, 0.717) is 29.0 Å². The van der Waals surface area contributed by atoms with Crippen LogP contribution in [0.3, 0.4) is 0 Å². The monoisotopic (exact) mass is 551 g/mol. The fraction of sp³-hybridized carbons (Fsp3) is 0.452. The number of para-hydroxylation sites is 1. The third-order valence-electron chi connectivity index (χ3n) is 6.08. The highest BCUT2D eigenvalue weighted by atomic mass is 32.2. The van der Waals surface area contributed by atoms with Gasteiger partial charge < -0.3 is 20.3 Å². The molecule has 8 heteroatoms. The molecule has 2 atom stereocenters. The van der Waals surface area contributed by atoms with Crippen LogP contribution in [0.5, 0.6) is 0 Å². The summed E-state index contributed by atoms with van der Waals surface area (Å²) >= 11 is 1.56. The molecule has 0 radical (unpaired) electrons. The van der Waals surface area contributed by atoms with E-state index in [1.165, 1.54) is 4.90 Å². The lowest BCUT2D eigenvalue weighted by Gasteiger charge is -2.37. The van der Waals surface area contributed by atoms with Crippen LogP contribution < -0.4 is 10.6 Å². The van der Waals surface area contributed by atoms with E-state index >= 15 is 0 Å². The lowest BCUT2D eigenvalue weighted by Crippen LogP contribution is -2.54. The van der Waals surface area contributed by atoms with Crippen LogP contribution in [0.2, 0.25) is 0 Å². The van der Waals surface area contributed by atoms with E-state index in [2.05, 4.69) is 16.6 Å². The molecule has 0 aliphatic carbocycles. The lowest BCUT2D eigenvalue weighted by molar-refractivity contribution is -0.143. The Morgan fingerprint density at radius 2 is 1.67 bits per heavy atom. The third-order valence-corrected chi connectivity index (χ3v) is 6.72. The Bertz CT molecular complexity index is 1190. The highest BCUT2D eigenvalue weighted by Gasteiger charge is 2.38. The van der Waals surface area contributed by atoms with Crippen molar-refractivity contribution in [1.82, 2.24) is 10.2 Å². The Morgan fingerprint density at radius 3 is 2.21 bits per heavy atom. The summed E-state index contributed by atoms with van der Waals surface area (Å²) in [6, 6.07) is 10.5. The normalized spacial score (nSPS) is 12.7. The number of hydrogen-bond donors (Lipinski definition) is 2. The molecule has 0 heterocycles. The molecule has 0 spiro atoms. The van der Waals surface area contributed by atoms with Gasteiger partial charge in [0.1, 0.15) is 17.7 Å². The van der Waals surface area contributed by atoms with Gasteiger partial charge in [-0.1, -0.05) is 42.3 Å². The van der Waals surface area contributed by atoms with Gasteiger partial charge in [-0.2, -0.15) is 11.8 Å². The molecule has 0 saturated carbocycles. The average Bonchev–Trinajstić information content (AvgIpc) is 2.85. The SMILES string of the molecule is C#Cc1ccccc1C(C(=O)Nc1c(C)cccc1C)N(C(=O)C(CCSC)NC(=O)OC(C)(C)C)C(C)C. The number of carbonyl (C=O) groups excluding carboxylic acids is 3. The molecule has 0 aromatic heterocycles. The van der Waals surface area contributed by atoms with E-state index < -0.39 is 41.6 Å². The van der Waals surface area contributed by atoms with Gasteiger partial charge in [-0.15, -0.1) is 6.42 Å². The molecule has 0 fully saturated rings. The first-order chi connectivity index (χ1) is 18.3. The third kappa shape index (κ3) is 8.79. The van der Waals surface area contributed by atoms with Crippen LogP contribution in [-0.4, -0.2) is 52.5 Å². The minimum absolute atomic E-state index is 0.366. The molecule has 7 nitrogen and oxygen atoms in total. The fourth-order valence-electron chi connectivity index (χ4n) is 4.29. The number of nitrogens with zero attached hydrogens (tertiary/aromatic N) is 1. The average molecular weight is 552 g/mol. The van der Waals surface area contributed by atoms with Gasteiger partial charge >= 0.3 is 6.09 Å². The van der Waals surface area contributed by atoms with E-state index in [0.717, 1.165) is 11.1 Å². The molecular weight excluding hydrogens is 510 g/mol. The standard InChI is InChI=1S/C31H41N3O4S/c1-10-23-16-11-12-17-24(23)27(28(35)33-26-21(4)14-13-15-22(26)5)34(20(2)3)29(36)25(18-19-39-9)32-30(37)38-31(6,7)8/h1,11-17,20,25,27H,18-19H2,2-9H3,(H,32,37)(H,33,35). The topological polar surface area (TPSA) is 87.7 Å². The summed E-state index contributed by atoms with van der Waals surface area (Å²) in [6.45, 7) is 12.8. The van der Waals surface area contributed by atoms with Crippen molar-refractivity contribution in [2.75, 3.05) is 17.3 Å². The second kappa shape index (κ2) is 14.1. The van der Waals surface area contributed by atoms with Gasteiger partial charge in [0.15, 0.2) is 0 Å². The van der Waals surface area contributed by atoms with E-state index in [1.807, 2.05) is 52.1 Å². The molecule has 2 aromatic carbocycles. The van der Waals surface area contributed by atoms with Gasteiger partial charge in [0.25, 0.3) is 5.91 Å². The van der Waals surface area contributed by atoms with Crippen molar-refractivity contribution >= 4 is 35.4 Å². The van der Waals surface area contributed by atoms with Crippen LogP contribution in [0.25, 0.3) is 0 Å². The zero-order valence-corrected chi connectivity index (χ0v) is 25.1. The predicted octanol–water partition coefficient (Wildman–Crippen LogP) is 5.85.